The summed E-state index contributed by atoms with van der Waals surface area (Å²) >= 11 is 5.95. The van der Waals surface area contributed by atoms with E-state index in [4.69, 9.17) is 16.3 Å². The third kappa shape index (κ3) is 4.21. The number of pyridine rings is 1. The maximum absolute atomic E-state index is 10.5. The topological polar surface area (TPSA) is 48.8 Å². The van der Waals surface area contributed by atoms with Gasteiger partial charge in [0.2, 0.25) is 0 Å². The second kappa shape index (κ2) is 8.05. The number of phenolic OH excluding ortho intramolecular Hbond substituents is 1. The number of aromatic nitrogens is 1. The molecule has 0 aliphatic carbocycles. The van der Waals surface area contributed by atoms with E-state index in [1.807, 2.05) is 12.1 Å². The molecule has 0 amide bonds. The molecule has 2 aromatic rings. The average Bonchev–Trinajstić information content (AvgIpc) is 3.01. The van der Waals surface area contributed by atoms with E-state index in [1.54, 1.807) is 12.3 Å². The summed E-state index contributed by atoms with van der Waals surface area (Å²) in [6, 6.07) is 7.49. The Balaban J connectivity index is 1.55. The highest BCUT2D eigenvalue weighted by molar-refractivity contribution is 6.30. The third-order valence-corrected chi connectivity index (χ3v) is 5.77. The van der Waals surface area contributed by atoms with Crippen molar-refractivity contribution in [2.24, 2.45) is 5.92 Å². The molecule has 0 radical (unpaired) electrons. The molecular weight excluding hydrogens is 362 g/mol. The zero-order valence-corrected chi connectivity index (χ0v) is 16.5. The van der Waals surface area contributed by atoms with Crippen LogP contribution in [0, 0.1) is 5.92 Å². The van der Waals surface area contributed by atoms with Crippen LogP contribution in [-0.2, 0) is 6.54 Å². The van der Waals surface area contributed by atoms with Gasteiger partial charge in [0.05, 0.1) is 10.7 Å². The molecule has 27 heavy (non-hydrogen) atoms. The fourth-order valence-corrected chi connectivity index (χ4v) is 4.23. The van der Waals surface area contributed by atoms with E-state index in [9.17, 15) is 5.11 Å². The van der Waals surface area contributed by atoms with Crippen molar-refractivity contribution in [2.45, 2.75) is 19.9 Å². The van der Waals surface area contributed by atoms with Crippen LogP contribution in [0.5, 0.6) is 11.5 Å². The Morgan fingerprint density at radius 1 is 1.26 bits per heavy atom. The van der Waals surface area contributed by atoms with E-state index in [0.29, 0.717) is 23.3 Å². The highest BCUT2D eigenvalue weighted by atomic mass is 35.5. The molecule has 2 aliphatic heterocycles. The van der Waals surface area contributed by atoms with Gasteiger partial charge in [-0.1, -0.05) is 18.5 Å². The van der Waals surface area contributed by atoms with Crippen LogP contribution in [0.1, 0.15) is 18.9 Å². The van der Waals surface area contributed by atoms with E-state index in [1.165, 1.54) is 19.5 Å². The summed E-state index contributed by atoms with van der Waals surface area (Å²) in [5, 5.41) is 11.1. The number of aromatic hydroxyl groups is 1. The van der Waals surface area contributed by atoms with Crippen LogP contribution < -0.4 is 4.74 Å². The number of hydrogen-bond acceptors (Lipinski definition) is 5. The molecule has 0 bridgehead atoms. The minimum atomic E-state index is 0.180. The normalized spacial score (nSPS) is 20.9. The van der Waals surface area contributed by atoms with Crippen molar-refractivity contribution in [1.82, 2.24) is 14.8 Å². The van der Waals surface area contributed by atoms with Gasteiger partial charge in [-0.3, -0.25) is 9.88 Å². The lowest BCUT2D eigenvalue weighted by Gasteiger charge is -2.23. The number of benzene rings is 1. The van der Waals surface area contributed by atoms with E-state index >= 15 is 0 Å². The number of rotatable bonds is 4. The lowest BCUT2D eigenvalue weighted by atomic mass is 10.0. The summed E-state index contributed by atoms with van der Waals surface area (Å²) in [6.45, 7) is 9.09. The van der Waals surface area contributed by atoms with Crippen molar-refractivity contribution in [2.75, 3.05) is 39.3 Å². The maximum Gasteiger partial charge on any atom is 0.165 e. The van der Waals surface area contributed by atoms with Gasteiger partial charge < -0.3 is 14.7 Å². The monoisotopic (exact) mass is 387 g/mol. The molecule has 5 nitrogen and oxygen atoms in total. The molecule has 0 unspecified atom stereocenters. The number of phenols is 1. The maximum atomic E-state index is 10.5. The Morgan fingerprint density at radius 2 is 2.15 bits per heavy atom. The lowest BCUT2D eigenvalue weighted by Crippen LogP contribution is -2.32. The predicted molar refractivity (Wildman–Crippen MR) is 107 cm³/mol. The molecule has 1 aromatic carbocycles. The van der Waals surface area contributed by atoms with Crippen molar-refractivity contribution in [3.05, 3.63) is 41.0 Å². The Morgan fingerprint density at radius 3 is 2.89 bits per heavy atom. The second-order valence-electron chi connectivity index (χ2n) is 7.48. The summed E-state index contributed by atoms with van der Waals surface area (Å²) in [5.41, 5.74) is 2.69. The molecular formula is C21H26ClN3O2. The Labute approximate surface area is 165 Å². The van der Waals surface area contributed by atoms with Gasteiger partial charge in [0.25, 0.3) is 0 Å². The van der Waals surface area contributed by atoms with Crippen molar-refractivity contribution in [3.8, 4) is 22.8 Å². The van der Waals surface area contributed by atoms with Crippen molar-refractivity contribution < 1.29 is 9.84 Å². The second-order valence-corrected chi connectivity index (χ2v) is 7.91. The Hall–Kier alpha value is -1.82. The summed E-state index contributed by atoms with van der Waals surface area (Å²) in [5.74, 6) is 1.50. The largest absolute Gasteiger partial charge is 0.504 e. The minimum Gasteiger partial charge on any atom is -0.504 e. The molecule has 1 fully saturated rings. The number of fused-ring (bicyclic) bond motifs is 1. The van der Waals surface area contributed by atoms with Gasteiger partial charge in [-0.25, -0.2) is 0 Å². The SMILES string of the molecule is CCN1CC[C@H](CN2CCOc3c(O)cc(-c4ccc(Cl)cn4)cc3C2)C1. The van der Waals surface area contributed by atoms with E-state index in [0.717, 1.165) is 43.0 Å². The molecule has 144 valence electrons. The first-order valence-electron chi connectivity index (χ1n) is 9.67. The van der Waals surface area contributed by atoms with Gasteiger partial charge in [0, 0.05) is 43.5 Å². The van der Waals surface area contributed by atoms with Crippen LogP contribution in [0.3, 0.4) is 0 Å². The minimum absolute atomic E-state index is 0.180. The molecule has 4 rings (SSSR count). The number of likely N-dealkylation sites (tertiary alicyclic amines) is 1. The van der Waals surface area contributed by atoms with Gasteiger partial charge in [-0.15, -0.1) is 0 Å². The fourth-order valence-electron chi connectivity index (χ4n) is 4.12. The molecule has 0 spiro atoms. The lowest BCUT2D eigenvalue weighted by molar-refractivity contribution is 0.195. The highest BCUT2D eigenvalue weighted by Gasteiger charge is 2.26. The van der Waals surface area contributed by atoms with Crippen LogP contribution in [0.2, 0.25) is 5.02 Å². The van der Waals surface area contributed by atoms with Crippen LogP contribution in [-0.4, -0.2) is 59.2 Å². The fraction of sp³-hybridized carbons (Fsp3) is 0.476. The molecule has 1 N–H and O–H groups in total. The molecule has 1 aromatic heterocycles. The van der Waals surface area contributed by atoms with Crippen molar-refractivity contribution in [3.63, 3.8) is 0 Å². The zero-order chi connectivity index (χ0) is 18.8. The average molecular weight is 388 g/mol. The Kier molecular flexibility index (Phi) is 5.53. The molecule has 3 heterocycles. The zero-order valence-electron chi connectivity index (χ0n) is 15.7. The Bertz CT molecular complexity index is 797. The summed E-state index contributed by atoms with van der Waals surface area (Å²) in [6.07, 6.45) is 2.89. The first kappa shape index (κ1) is 18.5. The van der Waals surface area contributed by atoms with E-state index in [2.05, 4.69) is 27.8 Å². The quantitative estimate of drug-likeness (QED) is 0.867. The van der Waals surface area contributed by atoms with Crippen LogP contribution >= 0.6 is 11.6 Å². The number of ether oxygens (including phenoxy) is 1. The smallest absolute Gasteiger partial charge is 0.165 e. The van der Waals surface area contributed by atoms with Crippen LogP contribution in [0.25, 0.3) is 11.3 Å². The molecule has 1 saturated heterocycles. The van der Waals surface area contributed by atoms with E-state index in [-0.39, 0.29) is 5.75 Å². The van der Waals surface area contributed by atoms with Crippen LogP contribution in [0.4, 0.5) is 0 Å². The highest BCUT2D eigenvalue weighted by Crippen LogP contribution is 2.37. The van der Waals surface area contributed by atoms with E-state index < -0.39 is 0 Å². The molecule has 6 heteroatoms. The van der Waals surface area contributed by atoms with Crippen molar-refractivity contribution >= 4 is 11.6 Å². The first-order chi connectivity index (χ1) is 13.1. The summed E-state index contributed by atoms with van der Waals surface area (Å²) < 4.78 is 5.88. The van der Waals surface area contributed by atoms with Gasteiger partial charge in [-0.2, -0.15) is 0 Å². The number of hydrogen-bond donors (Lipinski definition) is 1. The summed E-state index contributed by atoms with van der Waals surface area (Å²) in [7, 11) is 0. The number of nitrogens with zero attached hydrogens (tertiary/aromatic N) is 3. The standard InChI is InChI=1S/C21H26ClN3O2/c1-2-24-6-5-15(12-24)13-25-7-8-27-21-17(14-25)9-16(10-20(21)26)19-4-3-18(22)11-23-19/h3-4,9-11,15,26H,2,5-8,12-14H2,1H3/t15-/m0/s1. The van der Waals surface area contributed by atoms with Gasteiger partial charge in [0.1, 0.15) is 6.61 Å². The van der Waals surface area contributed by atoms with Crippen molar-refractivity contribution in [1.29, 1.82) is 0 Å². The van der Waals surface area contributed by atoms with Gasteiger partial charge >= 0.3 is 0 Å². The van der Waals surface area contributed by atoms with Gasteiger partial charge in [0.15, 0.2) is 11.5 Å². The van der Waals surface area contributed by atoms with Crippen LogP contribution in [0.15, 0.2) is 30.5 Å². The molecule has 2 aliphatic rings. The summed E-state index contributed by atoms with van der Waals surface area (Å²) in [4.78, 5) is 9.35. The third-order valence-electron chi connectivity index (χ3n) is 5.55. The molecule has 1 atom stereocenters. The first-order valence-corrected chi connectivity index (χ1v) is 10.1. The predicted octanol–water partition coefficient (Wildman–Crippen LogP) is 3.64. The molecule has 0 saturated carbocycles. The van der Waals surface area contributed by atoms with Gasteiger partial charge in [-0.05, 0) is 49.7 Å². The number of halogens is 1.